The van der Waals surface area contributed by atoms with Gasteiger partial charge in [-0.3, -0.25) is 0 Å². The molecule has 0 saturated heterocycles. The lowest BCUT2D eigenvalue weighted by atomic mass is 10.2. The van der Waals surface area contributed by atoms with Crippen LogP contribution in [0.5, 0.6) is 0 Å². The molecule has 4 rings (SSSR count). The summed E-state index contributed by atoms with van der Waals surface area (Å²) >= 11 is 0. The molecule has 4 aromatic rings. The molecule has 0 amide bonds. The third-order valence-corrected chi connectivity index (χ3v) is 4.47. The van der Waals surface area contributed by atoms with E-state index in [-0.39, 0.29) is 5.82 Å². The molecule has 0 fully saturated rings. The Morgan fingerprint density at radius 1 is 1.00 bits per heavy atom. The first-order valence-corrected chi connectivity index (χ1v) is 9.05. The second kappa shape index (κ2) is 7.53. The Hall–Kier alpha value is -3.28. The standard InChI is InChI=1S/C21H20FN5/c1-2-3-13-26(17-7-5-4-6-8-17)20-19-14-25-27(21(19)24-15-23-20)18-11-9-16(22)10-12-18/h4-12,14-15H,2-3,13H2,1H3. The molecule has 0 bridgehead atoms. The highest BCUT2D eigenvalue weighted by Gasteiger charge is 2.17. The van der Waals surface area contributed by atoms with Crippen LogP contribution in [0.4, 0.5) is 15.9 Å². The van der Waals surface area contributed by atoms with Crippen LogP contribution in [-0.4, -0.2) is 26.3 Å². The molecule has 0 atom stereocenters. The minimum Gasteiger partial charge on any atom is -0.326 e. The second-order valence-corrected chi connectivity index (χ2v) is 6.31. The fourth-order valence-electron chi connectivity index (χ4n) is 3.10. The summed E-state index contributed by atoms with van der Waals surface area (Å²) in [7, 11) is 0. The lowest BCUT2D eigenvalue weighted by Gasteiger charge is -2.24. The van der Waals surface area contributed by atoms with Crippen molar-refractivity contribution < 1.29 is 4.39 Å². The van der Waals surface area contributed by atoms with Gasteiger partial charge in [-0.25, -0.2) is 19.0 Å². The van der Waals surface area contributed by atoms with Crippen LogP contribution in [0, 0.1) is 5.82 Å². The van der Waals surface area contributed by atoms with Crippen molar-refractivity contribution in [2.45, 2.75) is 19.8 Å². The zero-order valence-corrected chi connectivity index (χ0v) is 15.1. The maximum absolute atomic E-state index is 13.3. The first-order valence-electron chi connectivity index (χ1n) is 9.05. The largest absolute Gasteiger partial charge is 0.326 e. The molecule has 0 radical (unpaired) electrons. The first-order chi connectivity index (χ1) is 13.3. The van der Waals surface area contributed by atoms with E-state index in [1.807, 2.05) is 18.2 Å². The molecule has 5 nitrogen and oxygen atoms in total. The van der Waals surface area contributed by atoms with E-state index in [0.717, 1.165) is 42.0 Å². The highest BCUT2D eigenvalue weighted by Crippen LogP contribution is 2.30. The average molecular weight is 361 g/mol. The molecule has 0 aliphatic rings. The maximum Gasteiger partial charge on any atom is 0.168 e. The average Bonchev–Trinajstić information content (AvgIpc) is 3.14. The molecule has 0 unspecified atom stereocenters. The number of benzene rings is 2. The van der Waals surface area contributed by atoms with Gasteiger partial charge in [0.25, 0.3) is 0 Å². The summed E-state index contributed by atoms with van der Waals surface area (Å²) < 4.78 is 15.0. The van der Waals surface area contributed by atoms with E-state index in [4.69, 9.17) is 0 Å². The Balaban J connectivity index is 1.82. The van der Waals surface area contributed by atoms with Crippen molar-refractivity contribution in [2.75, 3.05) is 11.4 Å². The summed E-state index contributed by atoms with van der Waals surface area (Å²) in [6, 6.07) is 16.4. The molecule has 0 spiro atoms. The summed E-state index contributed by atoms with van der Waals surface area (Å²) in [4.78, 5) is 11.2. The third-order valence-electron chi connectivity index (χ3n) is 4.47. The van der Waals surface area contributed by atoms with Gasteiger partial charge >= 0.3 is 0 Å². The summed E-state index contributed by atoms with van der Waals surface area (Å²) in [6.07, 6.45) is 5.47. The quantitative estimate of drug-likeness (QED) is 0.490. The van der Waals surface area contributed by atoms with Gasteiger partial charge in [-0.2, -0.15) is 5.10 Å². The van der Waals surface area contributed by atoms with E-state index in [1.165, 1.54) is 12.1 Å². The summed E-state index contributed by atoms with van der Waals surface area (Å²) in [6.45, 7) is 3.03. The number of para-hydroxylation sites is 1. The Labute approximate surface area is 157 Å². The molecule has 27 heavy (non-hydrogen) atoms. The molecule has 2 heterocycles. The van der Waals surface area contributed by atoms with Crippen molar-refractivity contribution in [3.8, 4) is 5.69 Å². The molecular formula is C21H20FN5. The Morgan fingerprint density at radius 2 is 1.78 bits per heavy atom. The number of unbranched alkanes of at least 4 members (excludes halogenated alkanes) is 1. The summed E-state index contributed by atoms with van der Waals surface area (Å²) in [5.41, 5.74) is 2.54. The van der Waals surface area contributed by atoms with Crippen LogP contribution in [0.3, 0.4) is 0 Å². The van der Waals surface area contributed by atoms with Crippen LogP contribution < -0.4 is 4.90 Å². The van der Waals surface area contributed by atoms with Crippen molar-refractivity contribution in [2.24, 2.45) is 0 Å². The number of aromatic nitrogens is 4. The lowest BCUT2D eigenvalue weighted by molar-refractivity contribution is 0.627. The van der Waals surface area contributed by atoms with Crippen molar-refractivity contribution in [3.63, 3.8) is 0 Å². The van der Waals surface area contributed by atoms with E-state index in [9.17, 15) is 4.39 Å². The van der Waals surface area contributed by atoms with E-state index >= 15 is 0 Å². The third kappa shape index (κ3) is 3.38. The topological polar surface area (TPSA) is 46.8 Å². The molecule has 6 heteroatoms. The Kier molecular flexibility index (Phi) is 4.78. The summed E-state index contributed by atoms with van der Waals surface area (Å²) in [5, 5.41) is 5.34. The highest BCUT2D eigenvalue weighted by molar-refractivity contribution is 5.90. The molecule has 0 saturated carbocycles. The van der Waals surface area contributed by atoms with Gasteiger partial charge in [0.2, 0.25) is 0 Å². The number of hydrogen-bond donors (Lipinski definition) is 0. The number of nitrogens with zero attached hydrogens (tertiary/aromatic N) is 5. The van der Waals surface area contributed by atoms with Crippen LogP contribution in [-0.2, 0) is 0 Å². The van der Waals surface area contributed by atoms with Crippen LogP contribution in [0.2, 0.25) is 0 Å². The molecule has 0 aliphatic heterocycles. The van der Waals surface area contributed by atoms with Gasteiger partial charge in [-0.05, 0) is 42.8 Å². The van der Waals surface area contributed by atoms with Crippen LogP contribution in [0.25, 0.3) is 16.7 Å². The van der Waals surface area contributed by atoms with E-state index < -0.39 is 0 Å². The van der Waals surface area contributed by atoms with Gasteiger partial charge in [0.15, 0.2) is 5.65 Å². The smallest absolute Gasteiger partial charge is 0.168 e. The lowest BCUT2D eigenvalue weighted by Crippen LogP contribution is -2.19. The summed E-state index contributed by atoms with van der Waals surface area (Å²) in [5.74, 6) is 0.549. The predicted octanol–water partition coefficient (Wildman–Crippen LogP) is 4.89. The van der Waals surface area contributed by atoms with Gasteiger partial charge in [0, 0.05) is 12.2 Å². The molecular weight excluding hydrogens is 341 g/mol. The van der Waals surface area contributed by atoms with Crippen molar-refractivity contribution in [1.29, 1.82) is 0 Å². The van der Waals surface area contributed by atoms with E-state index in [0.29, 0.717) is 5.65 Å². The number of halogens is 1. The fraction of sp³-hybridized carbons (Fsp3) is 0.190. The fourth-order valence-corrected chi connectivity index (χ4v) is 3.10. The second-order valence-electron chi connectivity index (χ2n) is 6.31. The number of fused-ring (bicyclic) bond motifs is 1. The maximum atomic E-state index is 13.3. The highest BCUT2D eigenvalue weighted by atomic mass is 19.1. The van der Waals surface area contributed by atoms with E-state index in [1.54, 1.807) is 29.3 Å². The molecule has 0 N–H and O–H groups in total. The van der Waals surface area contributed by atoms with Crippen LogP contribution >= 0.6 is 0 Å². The molecule has 2 aromatic heterocycles. The predicted molar refractivity (Wildman–Crippen MR) is 105 cm³/mol. The van der Waals surface area contributed by atoms with Gasteiger partial charge in [0.1, 0.15) is 18.0 Å². The SMILES string of the molecule is CCCCN(c1ccccc1)c1ncnc2c1cnn2-c1ccc(F)cc1. The Morgan fingerprint density at radius 3 is 2.52 bits per heavy atom. The van der Waals surface area contributed by atoms with Crippen molar-refractivity contribution >= 4 is 22.5 Å². The van der Waals surface area contributed by atoms with Gasteiger partial charge in [-0.15, -0.1) is 0 Å². The number of anilines is 2. The molecule has 0 aliphatic carbocycles. The van der Waals surface area contributed by atoms with Crippen molar-refractivity contribution in [1.82, 2.24) is 19.7 Å². The monoisotopic (exact) mass is 361 g/mol. The van der Waals surface area contributed by atoms with Gasteiger partial charge in [-0.1, -0.05) is 31.5 Å². The first kappa shape index (κ1) is 17.1. The van der Waals surface area contributed by atoms with Crippen LogP contribution in [0.15, 0.2) is 67.1 Å². The van der Waals surface area contributed by atoms with E-state index in [2.05, 4.69) is 39.0 Å². The normalized spacial score (nSPS) is 11.0. The van der Waals surface area contributed by atoms with Crippen LogP contribution in [0.1, 0.15) is 19.8 Å². The minimum atomic E-state index is -0.277. The molecule has 2 aromatic carbocycles. The Bertz CT molecular complexity index is 1030. The zero-order valence-electron chi connectivity index (χ0n) is 15.1. The van der Waals surface area contributed by atoms with Gasteiger partial charge in [0.05, 0.1) is 17.3 Å². The molecule has 136 valence electrons. The number of rotatable bonds is 6. The number of hydrogen-bond acceptors (Lipinski definition) is 4. The zero-order chi connectivity index (χ0) is 18.6. The minimum absolute atomic E-state index is 0.277. The van der Waals surface area contributed by atoms with Crippen molar-refractivity contribution in [3.05, 3.63) is 72.9 Å². The van der Waals surface area contributed by atoms with Gasteiger partial charge < -0.3 is 4.90 Å².